The van der Waals surface area contributed by atoms with Crippen LogP contribution in [0.3, 0.4) is 0 Å². The Morgan fingerprint density at radius 2 is 1.75 bits per heavy atom. The standard InChI is InChI=1S/C32H55N3O/c1-7-35-20-25(33-34-35)21-36-26-15-17-31(5)24(19-26)11-12-27-29-14-13-28(23(4)10-8-9-22(2)3)32(29,6)18-16-30(27)31/h20,22-24,26-30H,7-19,21H2,1-6H3/t23-,24?,26+,27?,28-,29?,30?,31+,32-/m1/s1. The van der Waals surface area contributed by atoms with E-state index in [1.54, 1.807) is 0 Å². The zero-order valence-corrected chi connectivity index (χ0v) is 24.3. The van der Waals surface area contributed by atoms with Crippen LogP contribution in [0.5, 0.6) is 0 Å². The monoisotopic (exact) mass is 497 g/mol. The number of aromatic nitrogens is 3. The first-order chi connectivity index (χ1) is 17.2. The van der Waals surface area contributed by atoms with E-state index in [1.165, 1.54) is 77.0 Å². The van der Waals surface area contributed by atoms with Crippen LogP contribution in [0.1, 0.15) is 124 Å². The van der Waals surface area contributed by atoms with Gasteiger partial charge in [-0.2, -0.15) is 0 Å². The van der Waals surface area contributed by atoms with Crippen LogP contribution in [-0.4, -0.2) is 21.1 Å². The minimum Gasteiger partial charge on any atom is -0.372 e. The van der Waals surface area contributed by atoms with Crippen molar-refractivity contribution in [3.8, 4) is 0 Å². The highest BCUT2D eigenvalue weighted by atomic mass is 16.5. The molecule has 36 heavy (non-hydrogen) atoms. The minimum absolute atomic E-state index is 0.405. The summed E-state index contributed by atoms with van der Waals surface area (Å²) in [6.45, 7) is 16.4. The number of fused-ring (bicyclic) bond motifs is 5. The van der Waals surface area contributed by atoms with Crippen LogP contribution < -0.4 is 0 Å². The molecule has 4 fully saturated rings. The van der Waals surface area contributed by atoms with Gasteiger partial charge in [0.15, 0.2) is 0 Å². The molecule has 5 rings (SSSR count). The number of aryl methyl sites for hydroxylation is 1. The van der Waals surface area contributed by atoms with Crippen LogP contribution in [0.2, 0.25) is 0 Å². The van der Waals surface area contributed by atoms with Gasteiger partial charge in [0.05, 0.1) is 18.9 Å². The van der Waals surface area contributed by atoms with Gasteiger partial charge in [0.25, 0.3) is 0 Å². The molecule has 4 heteroatoms. The van der Waals surface area contributed by atoms with E-state index < -0.39 is 0 Å². The third kappa shape index (κ3) is 4.94. The Bertz CT molecular complexity index is 865. The Kier molecular flexibility index (Phi) is 7.93. The average molecular weight is 498 g/mol. The summed E-state index contributed by atoms with van der Waals surface area (Å²) in [5.74, 6) is 6.51. The highest BCUT2D eigenvalue weighted by Crippen LogP contribution is 2.68. The van der Waals surface area contributed by atoms with Crippen molar-refractivity contribution in [3.63, 3.8) is 0 Å². The third-order valence-corrected chi connectivity index (χ3v) is 12.2. The Morgan fingerprint density at radius 3 is 2.50 bits per heavy atom. The first-order valence-electron chi connectivity index (χ1n) is 15.7. The summed E-state index contributed by atoms with van der Waals surface area (Å²) in [6.07, 6.45) is 19.5. The van der Waals surface area contributed by atoms with Gasteiger partial charge in [-0.15, -0.1) is 5.10 Å². The smallest absolute Gasteiger partial charge is 0.108 e. The van der Waals surface area contributed by atoms with E-state index in [0.29, 0.717) is 23.5 Å². The molecular weight excluding hydrogens is 442 g/mol. The lowest BCUT2D eigenvalue weighted by Gasteiger charge is -2.61. The van der Waals surface area contributed by atoms with E-state index in [0.717, 1.165) is 53.7 Å². The van der Waals surface area contributed by atoms with Crippen LogP contribution in [0, 0.1) is 52.3 Å². The van der Waals surface area contributed by atoms with Crippen LogP contribution >= 0.6 is 0 Å². The molecule has 0 bridgehead atoms. The van der Waals surface area contributed by atoms with E-state index in [4.69, 9.17) is 4.74 Å². The van der Waals surface area contributed by atoms with Crippen LogP contribution in [0.25, 0.3) is 0 Å². The van der Waals surface area contributed by atoms with E-state index in [-0.39, 0.29) is 0 Å². The Morgan fingerprint density at radius 1 is 0.972 bits per heavy atom. The van der Waals surface area contributed by atoms with Gasteiger partial charge in [-0.3, -0.25) is 4.68 Å². The lowest BCUT2D eigenvalue weighted by Crippen LogP contribution is -2.54. The SMILES string of the molecule is CCn1cc(CO[C@H]2CC[C@@]3(C)C(CCC4C3CC[C@@]3(C)C4CC[C@@H]3[C@H](C)CCCC(C)C)C2)nn1. The van der Waals surface area contributed by atoms with Crippen molar-refractivity contribution in [1.82, 2.24) is 15.0 Å². The number of hydrogen-bond donors (Lipinski definition) is 0. The van der Waals surface area contributed by atoms with Crippen LogP contribution in [0.4, 0.5) is 0 Å². The molecule has 0 amide bonds. The Labute approximate surface area is 221 Å². The van der Waals surface area contributed by atoms with Crippen molar-refractivity contribution >= 4 is 0 Å². The summed E-state index contributed by atoms with van der Waals surface area (Å²) in [5, 5.41) is 8.46. The molecule has 0 N–H and O–H groups in total. The number of ether oxygens (including phenoxy) is 1. The summed E-state index contributed by atoms with van der Waals surface area (Å²) < 4.78 is 8.31. The molecule has 0 aromatic carbocycles. The first-order valence-corrected chi connectivity index (χ1v) is 15.7. The molecule has 4 unspecified atom stereocenters. The van der Waals surface area contributed by atoms with Crippen molar-refractivity contribution in [1.29, 1.82) is 0 Å². The molecule has 0 spiro atoms. The van der Waals surface area contributed by atoms with Gasteiger partial charge in [-0.25, -0.2) is 0 Å². The fraction of sp³-hybridized carbons (Fsp3) is 0.938. The van der Waals surface area contributed by atoms with Crippen LogP contribution in [-0.2, 0) is 17.9 Å². The predicted octanol–water partition coefficient (Wildman–Crippen LogP) is 8.30. The maximum Gasteiger partial charge on any atom is 0.108 e. The molecule has 0 radical (unpaired) electrons. The number of rotatable bonds is 9. The van der Waals surface area contributed by atoms with Gasteiger partial charge in [0, 0.05) is 6.54 Å². The lowest BCUT2D eigenvalue weighted by atomic mass is 9.44. The average Bonchev–Trinajstić information content (AvgIpc) is 3.46. The van der Waals surface area contributed by atoms with E-state index in [9.17, 15) is 0 Å². The maximum atomic E-state index is 6.41. The van der Waals surface area contributed by atoms with Crippen molar-refractivity contribution in [3.05, 3.63) is 11.9 Å². The summed E-state index contributed by atoms with van der Waals surface area (Å²) in [6, 6.07) is 0. The minimum atomic E-state index is 0.405. The first kappa shape index (κ1) is 26.7. The van der Waals surface area contributed by atoms with Gasteiger partial charge >= 0.3 is 0 Å². The quantitative estimate of drug-likeness (QED) is 0.344. The second-order valence-electron chi connectivity index (χ2n) is 14.5. The fourth-order valence-corrected chi connectivity index (χ4v) is 10.2. The molecule has 0 saturated heterocycles. The van der Waals surface area contributed by atoms with E-state index in [1.807, 2.05) is 10.9 Å². The maximum absolute atomic E-state index is 6.41. The second-order valence-corrected chi connectivity index (χ2v) is 14.5. The summed E-state index contributed by atoms with van der Waals surface area (Å²) in [5.41, 5.74) is 2.13. The molecule has 9 atom stereocenters. The predicted molar refractivity (Wildman–Crippen MR) is 147 cm³/mol. The molecule has 0 aliphatic heterocycles. The van der Waals surface area contributed by atoms with E-state index >= 15 is 0 Å². The number of nitrogens with zero attached hydrogens (tertiary/aromatic N) is 3. The summed E-state index contributed by atoms with van der Waals surface area (Å²) in [7, 11) is 0. The molecular formula is C32H55N3O. The molecule has 1 aromatic rings. The zero-order chi connectivity index (χ0) is 25.5. The molecule has 4 aliphatic carbocycles. The highest BCUT2D eigenvalue weighted by molar-refractivity contribution is 5.10. The van der Waals surface area contributed by atoms with Gasteiger partial charge in [0.2, 0.25) is 0 Å². The van der Waals surface area contributed by atoms with Gasteiger partial charge < -0.3 is 4.74 Å². The lowest BCUT2D eigenvalue weighted by molar-refractivity contribution is -0.138. The molecule has 4 nitrogen and oxygen atoms in total. The van der Waals surface area contributed by atoms with Crippen molar-refractivity contribution < 1.29 is 4.74 Å². The molecule has 4 saturated carbocycles. The molecule has 204 valence electrons. The van der Waals surface area contributed by atoms with Crippen LogP contribution in [0.15, 0.2) is 6.20 Å². The van der Waals surface area contributed by atoms with Crippen molar-refractivity contribution in [2.75, 3.05) is 0 Å². The van der Waals surface area contributed by atoms with Gasteiger partial charge in [-0.1, -0.05) is 59.1 Å². The fourth-order valence-electron chi connectivity index (χ4n) is 10.2. The Balaban J connectivity index is 1.19. The van der Waals surface area contributed by atoms with Gasteiger partial charge in [0.1, 0.15) is 5.69 Å². The zero-order valence-electron chi connectivity index (χ0n) is 24.3. The molecule has 1 heterocycles. The Hall–Kier alpha value is -0.900. The number of hydrogen-bond acceptors (Lipinski definition) is 3. The highest BCUT2D eigenvalue weighted by Gasteiger charge is 2.60. The summed E-state index contributed by atoms with van der Waals surface area (Å²) in [4.78, 5) is 0. The second kappa shape index (κ2) is 10.7. The summed E-state index contributed by atoms with van der Waals surface area (Å²) >= 11 is 0. The topological polar surface area (TPSA) is 39.9 Å². The third-order valence-electron chi connectivity index (χ3n) is 12.2. The normalized spacial score (nSPS) is 41.1. The van der Waals surface area contributed by atoms with E-state index in [2.05, 4.69) is 51.9 Å². The van der Waals surface area contributed by atoms with Gasteiger partial charge in [-0.05, 0) is 117 Å². The molecule has 1 aromatic heterocycles. The van der Waals surface area contributed by atoms with Crippen molar-refractivity contribution in [2.45, 2.75) is 138 Å². The largest absolute Gasteiger partial charge is 0.372 e. The molecule has 4 aliphatic rings. The van der Waals surface area contributed by atoms with Crippen molar-refractivity contribution in [2.24, 2.45) is 52.3 Å².